The molecule has 1 unspecified atom stereocenters. The van der Waals surface area contributed by atoms with Crippen molar-refractivity contribution in [1.29, 1.82) is 0 Å². The molecule has 2 aromatic heterocycles. The fraction of sp³-hybridized carbons (Fsp3) is 0.261. The molecule has 2 aliphatic rings. The van der Waals surface area contributed by atoms with Gasteiger partial charge in [0.15, 0.2) is 5.82 Å². The summed E-state index contributed by atoms with van der Waals surface area (Å²) in [4.78, 5) is 4.78. The number of nitrogens with one attached hydrogen (secondary N) is 4. The van der Waals surface area contributed by atoms with Crippen LogP contribution in [0.25, 0.3) is 22.3 Å². The highest BCUT2D eigenvalue weighted by Crippen LogP contribution is 2.47. The van der Waals surface area contributed by atoms with Crippen LogP contribution < -0.4 is 16.0 Å². The van der Waals surface area contributed by atoms with Crippen molar-refractivity contribution in [2.24, 2.45) is 7.05 Å². The molecule has 8 nitrogen and oxygen atoms in total. The minimum atomic E-state index is 0.113. The van der Waals surface area contributed by atoms with E-state index >= 15 is 0 Å². The van der Waals surface area contributed by atoms with Crippen LogP contribution in [0.15, 0.2) is 54.5 Å². The van der Waals surface area contributed by atoms with Gasteiger partial charge in [0.05, 0.1) is 11.7 Å². The molecule has 0 spiro atoms. The maximum Gasteiger partial charge on any atom is 0.225 e. The number of benzene rings is 2. The highest BCUT2D eigenvalue weighted by molar-refractivity contribution is 5.89. The van der Waals surface area contributed by atoms with Crippen molar-refractivity contribution in [2.45, 2.75) is 31.8 Å². The summed E-state index contributed by atoms with van der Waals surface area (Å²) in [6.45, 7) is 2.05. The largest absolute Gasteiger partial charge is 0.366 e. The van der Waals surface area contributed by atoms with Crippen LogP contribution in [0.2, 0.25) is 0 Å². The summed E-state index contributed by atoms with van der Waals surface area (Å²) in [6, 6.07) is 12.5. The zero-order chi connectivity index (χ0) is 20.9. The predicted molar refractivity (Wildman–Crippen MR) is 121 cm³/mol. The number of aromatic nitrogens is 5. The summed E-state index contributed by atoms with van der Waals surface area (Å²) in [7, 11) is 1.92. The third-order valence-corrected chi connectivity index (χ3v) is 6.00. The average Bonchev–Trinajstić information content (AvgIpc) is 3.15. The molecule has 31 heavy (non-hydrogen) atoms. The second kappa shape index (κ2) is 6.87. The Morgan fingerprint density at radius 1 is 1.10 bits per heavy atom. The van der Waals surface area contributed by atoms with Gasteiger partial charge in [-0.25, -0.2) is 4.68 Å². The van der Waals surface area contributed by atoms with Crippen LogP contribution >= 0.6 is 0 Å². The third kappa shape index (κ3) is 3.20. The van der Waals surface area contributed by atoms with Gasteiger partial charge in [0, 0.05) is 35.6 Å². The van der Waals surface area contributed by atoms with Gasteiger partial charge in [-0.3, -0.25) is 5.10 Å². The van der Waals surface area contributed by atoms with E-state index in [4.69, 9.17) is 4.98 Å². The summed E-state index contributed by atoms with van der Waals surface area (Å²) in [5.74, 6) is 2.01. The van der Waals surface area contributed by atoms with Crippen LogP contribution in [0.1, 0.15) is 43.0 Å². The van der Waals surface area contributed by atoms with Gasteiger partial charge in [-0.2, -0.15) is 10.1 Å². The quantitative estimate of drug-likeness (QED) is 0.395. The monoisotopic (exact) mass is 412 g/mol. The first-order chi connectivity index (χ1) is 15.2. The normalized spacial score (nSPS) is 18.0. The molecule has 1 saturated carbocycles. The molecule has 1 fully saturated rings. The molecule has 1 aliphatic heterocycles. The van der Waals surface area contributed by atoms with Gasteiger partial charge < -0.3 is 16.0 Å². The molecule has 0 radical (unpaired) electrons. The Morgan fingerprint density at radius 2 is 1.94 bits per heavy atom. The second-order valence-corrected chi connectivity index (χ2v) is 8.33. The molecule has 3 heterocycles. The average molecular weight is 413 g/mol. The SMILES string of the molecule is CC1=CNC(c2ccc(-c3nc(Nc4ccc5[nH]ncc5c4C4CC4)n(C)n3)cc2)N1. The van der Waals surface area contributed by atoms with E-state index in [0.717, 1.165) is 28.4 Å². The molecule has 1 atom stereocenters. The molecule has 4 N–H and O–H groups in total. The van der Waals surface area contributed by atoms with Gasteiger partial charge >= 0.3 is 0 Å². The molecule has 0 saturated heterocycles. The zero-order valence-electron chi connectivity index (χ0n) is 17.5. The Labute approximate surface area is 179 Å². The molecule has 156 valence electrons. The van der Waals surface area contributed by atoms with Crippen LogP contribution in [-0.2, 0) is 7.05 Å². The van der Waals surface area contributed by atoms with Gasteiger partial charge in [0.1, 0.15) is 6.17 Å². The van der Waals surface area contributed by atoms with Gasteiger partial charge in [0.2, 0.25) is 5.95 Å². The lowest BCUT2D eigenvalue weighted by Crippen LogP contribution is -2.21. The number of hydrogen-bond donors (Lipinski definition) is 4. The van der Waals surface area contributed by atoms with Gasteiger partial charge in [0.25, 0.3) is 0 Å². The van der Waals surface area contributed by atoms with Gasteiger partial charge in [-0.15, -0.1) is 5.10 Å². The van der Waals surface area contributed by atoms with Crippen molar-refractivity contribution in [3.63, 3.8) is 0 Å². The number of fused-ring (bicyclic) bond motifs is 1. The Balaban J connectivity index is 1.28. The topological polar surface area (TPSA) is 95.5 Å². The van der Waals surface area contributed by atoms with E-state index in [0.29, 0.717) is 11.7 Å². The van der Waals surface area contributed by atoms with Crippen molar-refractivity contribution >= 4 is 22.5 Å². The van der Waals surface area contributed by atoms with Crippen molar-refractivity contribution in [3.8, 4) is 11.4 Å². The number of allylic oxidation sites excluding steroid dienone is 1. The van der Waals surface area contributed by atoms with E-state index in [9.17, 15) is 0 Å². The molecule has 4 aromatic rings. The Bertz CT molecular complexity index is 1290. The number of aryl methyl sites for hydroxylation is 1. The van der Waals surface area contributed by atoms with E-state index < -0.39 is 0 Å². The van der Waals surface area contributed by atoms with Crippen LogP contribution in [0.4, 0.5) is 11.6 Å². The van der Waals surface area contributed by atoms with Crippen molar-refractivity contribution < 1.29 is 0 Å². The van der Waals surface area contributed by atoms with Crippen molar-refractivity contribution in [3.05, 3.63) is 65.6 Å². The lowest BCUT2D eigenvalue weighted by atomic mass is 10.0. The lowest BCUT2D eigenvalue weighted by molar-refractivity contribution is 0.595. The van der Waals surface area contributed by atoms with Crippen LogP contribution in [0.5, 0.6) is 0 Å². The maximum atomic E-state index is 4.78. The zero-order valence-corrected chi connectivity index (χ0v) is 17.5. The van der Waals surface area contributed by atoms with Crippen LogP contribution in [0.3, 0.4) is 0 Å². The van der Waals surface area contributed by atoms with Crippen LogP contribution in [-0.4, -0.2) is 25.0 Å². The molecule has 1 aliphatic carbocycles. The van der Waals surface area contributed by atoms with Crippen molar-refractivity contribution in [2.75, 3.05) is 5.32 Å². The third-order valence-electron chi connectivity index (χ3n) is 6.00. The summed E-state index contributed by atoms with van der Waals surface area (Å²) < 4.78 is 1.80. The van der Waals surface area contributed by atoms with Crippen molar-refractivity contribution in [1.82, 2.24) is 35.6 Å². The number of nitrogens with zero attached hydrogens (tertiary/aromatic N) is 4. The lowest BCUT2D eigenvalue weighted by Gasteiger charge is -2.13. The van der Waals surface area contributed by atoms with E-state index in [1.54, 1.807) is 4.68 Å². The minimum Gasteiger partial charge on any atom is -0.366 e. The second-order valence-electron chi connectivity index (χ2n) is 8.33. The molecule has 6 rings (SSSR count). The Hall–Kier alpha value is -3.81. The number of hydrogen-bond acceptors (Lipinski definition) is 6. The number of H-pyrrole nitrogens is 1. The summed E-state index contributed by atoms with van der Waals surface area (Å²) in [5.41, 5.74) is 6.77. The summed E-state index contributed by atoms with van der Waals surface area (Å²) in [6.07, 6.45) is 6.46. The van der Waals surface area contributed by atoms with E-state index in [1.807, 2.05) is 26.4 Å². The first-order valence-electron chi connectivity index (χ1n) is 10.6. The highest BCUT2D eigenvalue weighted by Gasteiger charge is 2.29. The fourth-order valence-corrected chi connectivity index (χ4v) is 4.22. The Morgan fingerprint density at radius 3 is 2.68 bits per heavy atom. The number of rotatable bonds is 5. The predicted octanol–water partition coefficient (Wildman–Crippen LogP) is 4.03. The van der Waals surface area contributed by atoms with E-state index in [1.165, 1.54) is 29.4 Å². The van der Waals surface area contributed by atoms with E-state index in [-0.39, 0.29) is 6.17 Å². The number of aromatic amines is 1. The molecular formula is C23H24N8. The first kappa shape index (κ1) is 18.0. The molecule has 0 bridgehead atoms. The Kier molecular flexibility index (Phi) is 3.99. The maximum absolute atomic E-state index is 4.78. The summed E-state index contributed by atoms with van der Waals surface area (Å²) >= 11 is 0. The van der Waals surface area contributed by atoms with Crippen LogP contribution in [0, 0.1) is 0 Å². The van der Waals surface area contributed by atoms with Gasteiger partial charge in [-0.1, -0.05) is 24.3 Å². The molecule has 8 heteroatoms. The summed E-state index contributed by atoms with van der Waals surface area (Å²) in [5, 5.41) is 23.4. The van der Waals surface area contributed by atoms with E-state index in [2.05, 4.69) is 67.6 Å². The minimum absolute atomic E-state index is 0.113. The molecular weight excluding hydrogens is 388 g/mol. The number of anilines is 2. The van der Waals surface area contributed by atoms with Gasteiger partial charge in [-0.05, 0) is 48.9 Å². The first-order valence-corrected chi connectivity index (χ1v) is 10.6. The highest BCUT2D eigenvalue weighted by atomic mass is 15.4. The fourth-order valence-electron chi connectivity index (χ4n) is 4.22. The standard InChI is InChI=1S/C23H24N8/c1-13-11-24-21(26-13)15-5-7-16(8-6-15)22-28-23(31(2)30-22)27-19-10-9-18-17(12-25-29-18)20(19)14-3-4-14/h5-12,14,21,24,26H,3-4H2,1-2H3,(H,25,29)(H,27,28,30). The smallest absolute Gasteiger partial charge is 0.225 e. The molecule has 0 amide bonds. The molecule has 2 aromatic carbocycles.